The number of nitrogens with one attached hydrogen (secondary N) is 1. The average Bonchev–Trinajstić information content (AvgIpc) is 3.58. The smallest absolute Gasteiger partial charge is 0.214 e. The SMILES string of the molecule is CC(C)(C)Cc1cn(CCNS(=O)(=O)C2CC2)c2ccc(-c3ccc4cc(O)ccc4c3)cc12. The van der Waals surface area contributed by atoms with E-state index in [9.17, 15) is 13.5 Å². The molecule has 2 N–H and O–H groups in total. The molecule has 1 aromatic heterocycles. The highest BCUT2D eigenvalue weighted by Gasteiger charge is 2.35. The van der Waals surface area contributed by atoms with Gasteiger partial charge in [-0.05, 0) is 82.5 Å². The monoisotopic (exact) mass is 476 g/mol. The maximum absolute atomic E-state index is 12.2. The summed E-state index contributed by atoms with van der Waals surface area (Å²) in [5, 5.41) is 12.9. The normalized spacial score (nSPS) is 14.8. The van der Waals surface area contributed by atoms with E-state index in [2.05, 4.69) is 66.6 Å². The van der Waals surface area contributed by atoms with Crippen LogP contribution in [-0.4, -0.2) is 29.9 Å². The van der Waals surface area contributed by atoms with Crippen molar-refractivity contribution >= 4 is 31.7 Å². The second-order valence-electron chi connectivity index (χ2n) is 10.7. The van der Waals surface area contributed by atoms with Crippen LogP contribution < -0.4 is 4.72 Å². The van der Waals surface area contributed by atoms with E-state index in [-0.39, 0.29) is 16.4 Å². The minimum absolute atomic E-state index is 0.133. The fourth-order valence-corrected chi connectivity index (χ4v) is 6.03. The summed E-state index contributed by atoms with van der Waals surface area (Å²) in [6.07, 6.45) is 4.67. The summed E-state index contributed by atoms with van der Waals surface area (Å²) in [4.78, 5) is 0. The first-order valence-electron chi connectivity index (χ1n) is 11.9. The van der Waals surface area contributed by atoms with Crippen LogP contribution in [0.15, 0.2) is 60.8 Å². The third kappa shape index (κ3) is 4.84. The maximum atomic E-state index is 12.2. The summed E-state index contributed by atoms with van der Waals surface area (Å²) in [5.41, 5.74) is 4.81. The molecule has 1 aliphatic carbocycles. The highest BCUT2D eigenvalue weighted by Crippen LogP contribution is 2.33. The van der Waals surface area contributed by atoms with E-state index in [0.29, 0.717) is 13.1 Å². The molecular formula is C28H32N2O3S. The van der Waals surface area contributed by atoms with Gasteiger partial charge in [-0.15, -0.1) is 0 Å². The molecule has 34 heavy (non-hydrogen) atoms. The third-order valence-electron chi connectivity index (χ3n) is 6.46. The molecule has 4 aromatic rings. The first-order valence-corrected chi connectivity index (χ1v) is 13.5. The number of rotatable bonds is 7. The fourth-order valence-electron chi connectivity index (χ4n) is 4.66. The topological polar surface area (TPSA) is 71.3 Å². The number of aromatic nitrogens is 1. The van der Waals surface area contributed by atoms with E-state index in [4.69, 9.17) is 0 Å². The van der Waals surface area contributed by atoms with Gasteiger partial charge in [-0.25, -0.2) is 13.1 Å². The molecule has 0 saturated heterocycles. The first-order chi connectivity index (χ1) is 16.1. The van der Waals surface area contributed by atoms with Crippen LogP contribution >= 0.6 is 0 Å². The molecule has 1 heterocycles. The lowest BCUT2D eigenvalue weighted by Gasteiger charge is -2.17. The van der Waals surface area contributed by atoms with Gasteiger partial charge in [-0.2, -0.15) is 0 Å². The van der Waals surface area contributed by atoms with Crippen molar-refractivity contribution in [2.24, 2.45) is 5.41 Å². The van der Waals surface area contributed by atoms with Gasteiger partial charge >= 0.3 is 0 Å². The molecule has 0 radical (unpaired) electrons. The Morgan fingerprint density at radius 3 is 2.38 bits per heavy atom. The van der Waals surface area contributed by atoms with Crippen molar-refractivity contribution in [3.05, 3.63) is 66.4 Å². The zero-order valence-electron chi connectivity index (χ0n) is 20.0. The Hall–Kier alpha value is -2.83. The molecule has 0 atom stereocenters. The molecule has 0 unspecified atom stereocenters. The molecule has 0 amide bonds. The van der Waals surface area contributed by atoms with Crippen molar-refractivity contribution in [1.29, 1.82) is 0 Å². The Morgan fingerprint density at radius 2 is 1.65 bits per heavy atom. The number of benzene rings is 3. The lowest BCUT2D eigenvalue weighted by molar-refractivity contribution is 0.412. The molecule has 0 aliphatic heterocycles. The number of fused-ring (bicyclic) bond motifs is 2. The van der Waals surface area contributed by atoms with E-state index in [1.54, 1.807) is 12.1 Å². The highest BCUT2D eigenvalue weighted by atomic mass is 32.2. The predicted molar refractivity (Wildman–Crippen MR) is 140 cm³/mol. The molecule has 5 nitrogen and oxygen atoms in total. The quantitative estimate of drug-likeness (QED) is 0.352. The number of sulfonamides is 1. The summed E-state index contributed by atoms with van der Waals surface area (Å²) >= 11 is 0. The largest absolute Gasteiger partial charge is 0.508 e. The third-order valence-corrected chi connectivity index (χ3v) is 8.42. The van der Waals surface area contributed by atoms with E-state index in [1.807, 2.05) is 12.1 Å². The van der Waals surface area contributed by atoms with Crippen LogP contribution in [0, 0.1) is 5.41 Å². The van der Waals surface area contributed by atoms with Gasteiger partial charge in [0.05, 0.1) is 5.25 Å². The Labute approximate surface area is 201 Å². The standard InChI is InChI=1S/C28H32N2O3S/c1-28(2,3)17-23-18-30(13-12-29-34(32,33)25-9-10-25)27-11-7-22(16-26(23)27)19-4-5-21-15-24(31)8-6-20(21)14-19/h4-8,11,14-16,18,25,29,31H,9-10,12-13,17H2,1-3H3. The minimum atomic E-state index is -3.17. The van der Waals surface area contributed by atoms with Gasteiger partial charge in [0.1, 0.15) is 5.75 Å². The van der Waals surface area contributed by atoms with Crippen molar-refractivity contribution in [2.75, 3.05) is 6.54 Å². The summed E-state index contributed by atoms with van der Waals surface area (Å²) in [6.45, 7) is 7.72. The molecule has 178 valence electrons. The van der Waals surface area contributed by atoms with Crippen molar-refractivity contribution < 1.29 is 13.5 Å². The van der Waals surface area contributed by atoms with Crippen molar-refractivity contribution in [3.8, 4) is 16.9 Å². The van der Waals surface area contributed by atoms with Crippen LogP contribution in [0.25, 0.3) is 32.8 Å². The van der Waals surface area contributed by atoms with Gasteiger partial charge in [-0.3, -0.25) is 0 Å². The van der Waals surface area contributed by atoms with Gasteiger partial charge in [0.25, 0.3) is 0 Å². The molecule has 6 heteroatoms. The minimum Gasteiger partial charge on any atom is -0.508 e. The number of nitrogens with zero attached hydrogens (tertiary/aromatic N) is 1. The zero-order chi connectivity index (χ0) is 24.1. The van der Waals surface area contributed by atoms with Crippen molar-refractivity contribution in [1.82, 2.24) is 9.29 Å². The molecule has 0 spiro atoms. The van der Waals surface area contributed by atoms with Crippen molar-refractivity contribution in [3.63, 3.8) is 0 Å². The maximum Gasteiger partial charge on any atom is 0.214 e. The van der Waals surface area contributed by atoms with Crippen LogP contribution in [0.2, 0.25) is 0 Å². The molecule has 1 saturated carbocycles. The molecule has 3 aromatic carbocycles. The first kappa shape index (κ1) is 22.9. The molecular weight excluding hydrogens is 444 g/mol. The summed E-state index contributed by atoms with van der Waals surface area (Å²) < 4.78 is 29.4. The van der Waals surface area contributed by atoms with Crippen LogP contribution in [0.3, 0.4) is 0 Å². The predicted octanol–water partition coefficient (Wildman–Crippen LogP) is 5.84. The van der Waals surface area contributed by atoms with E-state index >= 15 is 0 Å². The van der Waals surface area contributed by atoms with E-state index in [1.165, 1.54) is 10.9 Å². The number of aromatic hydroxyl groups is 1. The molecule has 5 rings (SSSR count). The Bertz CT molecular complexity index is 1480. The van der Waals surface area contributed by atoms with Gasteiger partial charge in [-0.1, -0.05) is 45.0 Å². The summed E-state index contributed by atoms with van der Waals surface area (Å²) in [5.74, 6) is 0.272. The number of phenols is 1. The average molecular weight is 477 g/mol. The fraction of sp³-hybridized carbons (Fsp3) is 0.357. The van der Waals surface area contributed by atoms with Gasteiger partial charge in [0.15, 0.2) is 0 Å². The Balaban J connectivity index is 1.49. The summed E-state index contributed by atoms with van der Waals surface area (Å²) in [6, 6.07) is 18.3. The highest BCUT2D eigenvalue weighted by molar-refractivity contribution is 7.90. The van der Waals surface area contributed by atoms with Crippen LogP contribution in [0.5, 0.6) is 5.75 Å². The molecule has 1 fully saturated rings. The van der Waals surface area contributed by atoms with Gasteiger partial charge in [0, 0.05) is 30.2 Å². The van der Waals surface area contributed by atoms with Gasteiger partial charge < -0.3 is 9.67 Å². The zero-order valence-corrected chi connectivity index (χ0v) is 20.8. The van der Waals surface area contributed by atoms with Crippen LogP contribution in [0.1, 0.15) is 39.2 Å². The van der Waals surface area contributed by atoms with Gasteiger partial charge in [0.2, 0.25) is 10.0 Å². The Morgan fingerprint density at radius 1 is 0.971 bits per heavy atom. The lowest BCUT2D eigenvalue weighted by atomic mass is 9.87. The van der Waals surface area contributed by atoms with E-state index < -0.39 is 10.0 Å². The van der Waals surface area contributed by atoms with E-state index in [0.717, 1.165) is 46.7 Å². The van der Waals surface area contributed by atoms with Crippen LogP contribution in [0.4, 0.5) is 0 Å². The Kier molecular flexibility index (Phi) is 5.69. The number of hydrogen-bond donors (Lipinski definition) is 2. The van der Waals surface area contributed by atoms with Crippen molar-refractivity contribution in [2.45, 2.75) is 51.8 Å². The lowest BCUT2D eigenvalue weighted by Crippen LogP contribution is -2.30. The van der Waals surface area contributed by atoms with Crippen LogP contribution in [-0.2, 0) is 23.0 Å². The molecule has 0 bridgehead atoms. The second-order valence-corrected chi connectivity index (χ2v) is 12.7. The molecule has 1 aliphatic rings. The number of hydrogen-bond acceptors (Lipinski definition) is 3. The second kappa shape index (κ2) is 8.43. The summed E-state index contributed by atoms with van der Waals surface area (Å²) in [7, 11) is -3.17. The number of phenolic OH excluding ortho intramolecular Hbond substituents is 1.